The second-order valence-corrected chi connectivity index (χ2v) is 8.11. The zero-order valence-electron chi connectivity index (χ0n) is 12.4. The first-order valence-corrected chi connectivity index (χ1v) is 9.07. The first kappa shape index (κ1) is 16.7. The highest BCUT2D eigenvalue weighted by molar-refractivity contribution is 7.91. The van der Waals surface area contributed by atoms with Crippen LogP contribution in [0.2, 0.25) is 0 Å². The van der Waals surface area contributed by atoms with Gasteiger partial charge in [0.15, 0.2) is 0 Å². The Bertz CT molecular complexity index is 713. The van der Waals surface area contributed by atoms with E-state index in [1.165, 1.54) is 13.1 Å². The number of nitrogens with zero attached hydrogens (tertiary/aromatic N) is 1. The number of benzene rings is 1. The lowest BCUT2D eigenvalue weighted by Gasteiger charge is -2.18. The van der Waals surface area contributed by atoms with Crippen LogP contribution in [0.4, 0.5) is 0 Å². The maximum atomic E-state index is 12.2. The predicted octanol–water partition coefficient (Wildman–Crippen LogP) is 2.25. The third kappa shape index (κ3) is 3.94. The van der Waals surface area contributed by atoms with E-state index < -0.39 is 10.0 Å². The van der Waals surface area contributed by atoms with Crippen LogP contribution in [0.25, 0.3) is 0 Å². The van der Waals surface area contributed by atoms with Gasteiger partial charge in [-0.3, -0.25) is 4.79 Å². The smallest absolute Gasteiger partial charge is 0.252 e. The molecule has 0 aliphatic rings. The Morgan fingerprint density at radius 3 is 2.50 bits per heavy atom. The summed E-state index contributed by atoms with van der Waals surface area (Å²) in [5, 5.41) is 4.50. The molecule has 1 amide bonds. The molecular weight excluding hydrogens is 320 g/mol. The summed E-state index contributed by atoms with van der Waals surface area (Å²) >= 11 is 1.13. The largest absolute Gasteiger partial charge is 0.348 e. The molecule has 1 aromatic carbocycles. The van der Waals surface area contributed by atoms with Gasteiger partial charge in [0.05, 0.1) is 12.6 Å². The molecule has 0 bridgehead atoms. The summed E-state index contributed by atoms with van der Waals surface area (Å²) in [6, 6.07) is 12.5. The fraction of sp³-hybridized carbons (Fsp3) is 0.267. The minimum atomic E-state index is -3.60. The number of carbonyl (C=O) groups is 1. The lowest BCUT2D eigenvalue weighted by atomic mass is 10.1. The van der Waals surface area contributed by atoms with Crippen LogP contribution in [0.1, 0.15) is 18.5 Å². The third-order valence-electron chi connectivity index (χ3n) is 3.20. The molecule has 0 unspecified atom stereocenters. The van der Waals surface area contributed by atoms with Crippen LogP contribution in [-0.4, -0.2) is 32.2 Å². The van der Waals surface area contributed by atoms with Gasteiger partial charge in [-0.05, 0) is 23.9 Å². The molecule has 2 rings (SSSR count). The standard InChI is InChI=1S/C15H18N2O3S2/c1-12(13-7-4-3-5-8-13)16-14(18)11-17(2)22(19,20)15-9-6-10-21-15/h3-10,12H,11H2,1-2H3,(H,16,18)/t12-/m1/s1. The zero-order chi connectivity index (χ0) is 16.2. The number of sulfonamides is 1. The Morgan fingerprint density at radius 1 is 1.23 bits per heavy atom. The van der Waals surface area contributed by atoms with Gasteiger partial charge in [-0.1, -0.05) is 36.4 Å². The average molecular weight is 338 g/mol. The highest BCUT2D eigenvalue weighted by Crippen LogP contribution is 2.19. The predicted molar refractivity (Wildman–Crippen MR) is 87.1 cm³/mol. The van der Waals surface area contributed by atoms with Crippen LogP contribution in [-0.2, 0) is 14.8 Å². The van der Waals surface area contributed by atoms with Gasteiger partial charge in [0.25, 0.3) is 10.0 Å². The van der Waals surface area contributed by atoms with Crippen molar-refractivity contribution in [1.29, 1.82) is 0 Å². The van der Waals surface area contributed by atoms with Gasteiger partial charge >= 0.3 is 0 Å². The molecule has 0 saturated carbocycles. The van der Waals surface area contributed by atoms with Crippen LogP contribution in [0.5, 0.6) is 0 Å². The summed E-state index contributed by atoms with van der Waals surface area (Å²) in [5.41, 5.74) is 0.972. The Morgan fingerprint density at radius 2 is 1.91 bits per heavy atom. The molecule has 0 radical (unpaired) electrons. The Labute approximate surface area is 134 Å². The van der Waals surface area contributed by atoms with Gasteiger partial charge in [-0.15, -0.1) is 11.3 Å². The van der Waals surface area contributed by atoms with Crippen molar-refractivity contribution in [3.63, 3.8) is 0 Å². The molecule has 5 nitrogen and oxygen atoms in total. The highest BCUT2D eigenvalue weighted by atomic mass is 32.2. The molecule has 0 fully saturated rings. The lowest BCUT2D eigenvalue weighted by molar-refractivity contribution is -0.121. The number of hydrogen-bond donors (Lipinski definition) is 1. The normalized spacial score (nSPS) is 13.0. The molecule has 0 aliphatic carbocycles. The second-order valence-electron chi connectivity index (χ2n) is 4.89. The van der Waals surface area contributed by atoms with Crippen LogP contribution >= 0.6 is 11.3 Å². The van der Waals surface area contributed by atoms with Gasteiger partial charge in [0, 0.05) is 7.05 Å². The third-order valence-corrected chi connectivity index (χ3v) is 6.38. The highest BCUT2D eigenvalue weighted by Gasteiger charge is 2.24. The van der Waals surface area contributed by atoms with Gasteiger partial charge in [-0.2, -0.15) is 4.31 Å². The summed E-state index contributed by atoms with van der Waals surface area (Å²) in [6.07, 6.45) is 0. The monoisotopic (exact) mass is 338 g/mol. The number of thiophene rings is 1. The number of carbonyl (C=O) groups excluding carboxylic acids is 1. The van der Waals surface area contributed by atoms with Crippen molar-refractivity contribution in [1.82, 2.24) is 9.62 Å². The van der Waals surface area contributed by atoms with Crippen molar-refractivity contribution in [3.8, 4) is 0 Å². The molecule has 0 saturated heterocycles. The van der Waals surface area contributed by atoms with Gasteiger partial charge in [0.2, 0.25) is 5.91 Å². The second kappa shape index (κ2) is 7.04. The SMILES string of the molecule is C[C@@H](NC(=O)CN(C)S(=O)(=O)c1cccs1)c1ccccc1. The molecule has 1 N–H and O–H groups in total. The summed E-state index contributed by atoms with van der Waals surface area (Å²) in [6.45, 7) is 1.65. The minimum absolute atomic E-state index is 0.174. The molecule has 118 valence electrons. The molecule has 1 aromatic heterocycles. The summed E-state index contributed by atoms with van der Waals surface area (Å²) in [4.78, 5) is 12.0. The van der Waals surface area contributed by atoms with Crippen LogP contribution in [0, 0.1) is 0 Å². The van der Waals surface area contributed by atoms with Gasteiger partial charge < -0.3 is 5.32 Å². The molecule has 0 spiro atoms. The summed E-state index contributed by atoms with van der Waals surface area (Å²) < 4.78 is 25.8. The quantitative estimate of drug-likeness (QED) is 0.878. The number of likely N-dealkylation sites (N-methyl/N-ethyl adjacent to an activating group) is 1. The minimum Gasteiger partial charge on any atom is -0.348 e. The van der Waals surface area contributed by atoms with Crippen LogP contribution < -0.4 is 5.32 Å². The fourth-order valence-electron chi connectivity index (χ4n) is 1.96. The summed E-state index contributed by atoms with van der Waals surface area (Å²) in [7, 11) is -2.20. The molecule has 7 heteroatoms. The van der Waals surface area contributed by atoms with E-state index in [2.05, 4.69) is 5.32 Å². The number of nitrogens with one attached hydrogen (secondary N) is 1. The molecule has 1 atom stereocenters. The molecular formula is C15H18N2O3S2. The van der Waals surface area contributed by atoms with E-state index >= 15 is 0 Å². The van der Waals surface area contributed by atoms with E-state index in [9.17, 15) is 13.2 Å². The number of rotatable bonds is 6. The van der Waals surface area contributed by atoms with Crippen molar-refractivity contribution in [2.24, 2.45) is 0 Å². The summed E-state index contributed by atoms with van der Waals surface area (Å²) in [5.74, 6) is -0.334. The van der Waals surface area contributed by atoms with E-state index in [1.54, 1.807) is 11.4 Å². The van der Waals surface area contributed by atoms with Gasteiger partial charge in [-0.25, -0.2) is 8.42 Å². The van der Waals surface area contributed by atoms with E-state index in [4.69, 9.17) is 0 Å². The average Bonchev–Trinajstić information content (AvgIpc) is 3.02. The Hall–Kier alpha value is -1.70. The Kier molecular flexibility index (Phi) is 5.33. The van der Waals surface area contributed by atoms with E-state index in [-0.39, 0.29) is 22.7 Å². The maximum Gasteiger partial charge on any atom is 0.252 e. The number of hydrogen-bond acceptors (Lipinski definition) is 4. The van der Waals surface area contributed by atoms with Gasteiger partial charge in [0.1, 0.15) is 4.21 Å². The fourth-order valence-corrected chi connectivity index (χ4v) is 4.29. The van der Waals surface area contributed by atoms with E-state index in [1.807, 2.05) is 37.3 Å². The van der Waals surface area contributed by atoms with E-state index in [0.717, 1.165) is 21.2 Å². The molecule has 22 heavy (non-hydrogen) atoms. The zero-order valence-corrected chi connectivity index (χ0v) is 14.0. The maximum absolute atomic E-state index is 12.2. The van der Waals surface area contributed by atoms with Crippen LogP contribution in [0.15, 0.2) is 52.1 Å². The lowest BCUT2D eigenvalue weighted by Crippen LogP contribution is -2.39. The first-order chi connectivity index (χ1) is 10.4. The van der Waals surface area contributed by atoms with Crippen molar-refractivity contribution in [3.05, 3.63) is 53.4 Å². The van der Waals surface area contributed by atoms with Crippen molar-refractivity contribution in [2.75, 3.05) is 13.6 Å². The first-order valence-electron chi connectivity index (χ1n) is 6.75. The van der Waals surface area contributed by atoms with Crippen LogP contribution in [0.3, 0.4) is 0 Å². The van der Waals surface area contributed by atoms with E-state index in [0.29, 0.717) is 0 Å². The topological polar surface area (TPSA) is 66.5 Å². The molecule has 2 aromatic rings. The molecule has 0 aliphatic heterocycles. The van der Waals surface area contributed by atoms with Crippen molar-refractivity contribution >= 4 is 27.3 Å². The van der Waals surface area contributed by atoms with Crippen molar-refractivity contribution < 1.29 is 13.2 Å². The number of amides is 1. The Balaban J connectivity index is 1.97. The molecule has 1 heterocycles. The van der Waals surface area contributed by atoms with Crippen molar-refractivity contribution in [2.45, 2.75) is 17.2 Å².